The van der Waals surface area contributed by atoms with Gasteiger partial charge in [-0.2, -0.15) is 0 Å². The fourth-order valence-corrected chi connectivity index (χ4v) is 18.7. The normalized spacial score (nSPS) is 55.7. The van der Waals surface area contributed by atoms with Gasteiger partial charge in [0.2, 0.25) is 6.29 Å². The molecule has 0 bridgehead atoms. The van der Waals surface area contributed by atoms with Crippen LogP contribution >= 0.6 is 0 Å². The van der Waals surface area contributed by atoms with Crippen molar-refractivity contribution in [3.8, 4) is 0 Å². The maximum atomic E-state index is 15.6. The zero-order valence-electron chi connectivity index (χ0n) is 53.9. The number of rotatable bonds is 14. The molecule has 0 aromatic heterocycles. The Morgan fingerprint density at radius 3 is 1.70 bits per heavy atom. The van der Waals surface area contributed by atoms with Crippen LogP contribution in [0.3, 0.4) is 0 Å². The second-order valence-electron chi connectivity index (χ2n) is 30.5. The molecular formula is C63H102O30. The third kappa shape index (κ3) is 12.3. The second kappa shape index (κ2) is 26.9. The average Bonchev–Trinajstić information content (AvgIpc) is 0.674. The van der Waals surface area contributed by atoms with Crippen molar-refractivity contribution in [2.75, 3.05) is 33.0 Å². The average molecular weight is 1340 g/mol. The standard InChI is InChI=1S/C63H102O30/c1-24-35(70)39(74)42(77)53(85-24)89-47-31(69)22-83-52(44(47)79)88-46-25(2)86-55(45(80)48(46)90-51-41(76)36(71)29(67)20-82-51)91-49-37(72)30(68)21-84-56(49)93-57(81)63-15-13-58(3,4)17-27(63)26-9-10-34-59(5)18-28(66)50(92-54-43(78)40(75)38(73)32(19-64)87-54)60(6,23-65)33(59)11-12-62(34,8)61(26,7)14-16-63/h9,24-25,27-56,64-80H,10-23H2,1-8H3/t24?,25?,27-,28?,29?,30?,31?,32?,33+,34+,35?,36?,37?,38?,39?,40?,41?,42?,43?,44?,45?,46?,47?,48?,49?,50?,51?,52?,53?,54?,55?,56?,59-,60-,61+,62+,63-/m0/s1. The molecule has 6 aliphatic heterocycles. The van der Waals surface area contributed by atoms with E-state index in [1.807, 2.05) is 6.92 Å². The highest BCUT2D eigenvalue weighted by Crippen LogP contribution is 2.76. The summed E-state index contributed by atoms with van der Waals surface area (Å²) in [5.41, 5.74) is -2.90. The van der Waals surface area contributed by atoms with Gasteiger partial charge in [-0.15, -0.1) is 0 Å². The Kier molecular flexibility index (Phi) is 20.9. The maximum Gasteiger partial charge on any atom is 0.315 e. The molecule has 4 saturated carbocycles. The molecule has 30 nitrogen and oxygen atoms in total. The van der Waals surface area contributed by atoms with E-state index in [2.05, 4.69) is 40.7 Å². The summed E-state index contributed by atoms with van der Waals surface area (Å²) in [7, 11) is 0. The van der Waals surface area contributed by atoms with E-state index in [1.54, 1.807) is 0 Å². The molecule has 534 valence electrons. The topological polar surface area (TPSA) is 472 Å². The monoisotopic (exact) mass is 1340 g/mol. The number of aliphatic hydroxyl groups excluding tert-OH is 17. The Morgan fingerprint density at radius 1 is 0.495 bits per heavy atom. The van der Waals surface area contributed by atoms with Crippen molar-refractivity contribution in [2.45, 2.75) is 291 Å². The van der Waals surface area contributed by atoms with Gasteiger partial charge < -0.3 is 144 Å². The molecule has 6 saturated heterocycles. The maximum absolute atomic E-state index is 15.6. The minimum atomic E-state index is -2.05. The van der Waals surface area contributed by atoms with E-state index in [-0.39, 0.29) is 29.6 Å². The molecule has 93 heavy (non-hydrogen) atoms. The third-order valence-corrected chi connectivity index (χ3v) is 24.5. The lowest BCUT2D eigenvalue weighted by molar-refractivity contribution is -0.392. The number of allylic oxidation sites excluding steroid dienone is 2. The Morgan fingerprint density at radius 2 is 1.03 bits per heavy atom. The van der Waals surface area contributed by atoms with E-state index in [0.29, 0.717) is 51.4 Å². The molecule has 6 heterocycles. The smallest absolute Gasteiger partial charge is 0.315 e. The molecule has 30 heteroatoms. The van der Waals surface area contributed by atoms with Crippen molar-refractivity contribution in [1.82, 2.24) is 0 Å². The van der Waals surface area contributed by atoms with Crippen LogP contribution in [-0.2, 0) is 61.6 Å². The molecular weight excluding hydrogens is 1240 g/mol. The van der Waals surface area contributed by atoms with Crippen LogP contribution in [0.15, 0.2) is 11.6 Å². The summed E-state index contributed by atoms with van der Waals surface area (Å²) in [6.45, 7) is 13.1. The second-order valence-corrected chi connectivity index (χ2v) is 30.5. The minimum absolute atomic E-state index is 0.0566. The molecule has 0 spiro atoms. The summed E-state index contributed by atoms with van der Waals surface area (Å²) in [5, 5.41) is 187. The van der Waals surface area contributed by atoms with Crippen molar-refractivity contribution in [2.24, 2.45) is 50.2 Å². The highest BCUT2D eigenvalue weighted by molar-refractivity contribution is 5.79. The SMILES string of the molecule is CC1OC(OC2C(O)COC(OC3C(C)OC(OC4C(OC(=O)[C@]56CCC(C)(C)C[C@H]5C5=CC[C@@H]7[C@@]8(C)CC(O)C(OC9OC(CO)C(O)C(O)C9O)[C@@](C)(CO)[C@@H]8CC[C@@]7(C)[C@]5(C)CC6)OCC(O)C4O)C(O)C3OC3OCC(O)C(O)C3O)C2O)C(O)C(O)C1O. The summed E-state index contributed by atoms with van der Waals surface area (Å²) in [6, 6.07) is 0. The van der Waals surface area contributed by atoms with Crippen LogP contribution in [0.1, 0.15) is 113 Å². The van der Waals surface area contributed by atoms with E-state index >= 15 is 4.79 Å². The van der Waals surface area contributed by atoms with Gasteiger partial charge in [0, 0.05) is 5.41 Å². The van der Waals surface area contributed by atoms with Crippen LogP contribution in [-0.4, -0.2) is 304 Å². The molecule has 11 rings (SSSR count). The molecule has 0 radical (unpaired) electrons. The van der Waals surface area contributed by atoms with Gasteiger partial charge in [0.1, 0.15) is 110 Å². The number of aliphatic hydroxyl groups is 17. The van der Waals surface area contributed by atoms with Gasteiger partial charge in [0.15, 0.2) is 37.6 Å². The van der Waals surface area contributed by atoms with Crippen LogP contribution in [0.25, 0.3) is 0 Å². The lowest BCUT2D eigenvalue weighted by Crippen LogP contribution is -2.69. The van der Waals surface area contributed by atoms with Crippen LogP contribution < -0.4 is 0 Å². The zero-order valence-corrected chi connectivity index (χ0v) is 53.9. The van der Waals surface area contributed by atoms with E-state index in [1.165, 1.54) is 13.8 Å². The summed E-state index contributed by atoms with van der Waals surface area (Å²) in [5.74, 6) is -1.29. The first-order valence-electron chi connectivity index (χ1n) is 33.0. The predicted octanol–water partition coefficient (Wildman–Crippen LogP) is -4.47. The van der Waals surface area contributed by atoms with Crippen LogP contribution in [0.2, 0.25) is 0 Å². The van der Waals surface area contributed by atoms with Crippen molar-refractivity contribution >= 4 is 5.97 Å². The first-order chi connectivity index (χ1) is 43.6. The van der Waals surface area contributed by atoms with E-state index in [4.69, 9.17) is 56.8 Å². The fraction of sp³-hybridized carbons (Fsp3) is 0.952. The van der Waals surface area contributed by atoms with E-state index in [9.17, 15) is 86.8 Å². The summed E-state index contributed by atoms with van der Waals surface area (Å²) < 4.78 is 72.2. The molecule has 10 fully saturated rings. The van der Waals surface area contributed by atoms with Gasteiger partial charge in [0.25, 0.3) is 0 Å². The number of carbonyl (C=O) groups excluding carboxylic acids is 1. The number of hydrogen-bond donors (Lipinski definition) is 17. The first kappa shape index (κ1) is 72.3. The van der Waals surface area contributed by atoms with Gasteiger partial charge >= 0.3 is 5.97 Å². The lowest BCUT2D eigenvalue weighted by Gasteiger charge is -2.72. The van der Waals surface area contributed by atoms with Gasteiger partial charge in [-0.05, 0) is 111 Å². The van der Waals surface area contributed by atoms with Crippen molar-refractivity contribution in [1.29, 1.82) is 0 Å². The van der Waals surface area contributed by atoms with Gasteiger partial charge in [-0.25, -0.2) is 0 Å². The molecule has 0 aromatic carbocycles. The summed E-state index contributed by atoms with van der Waals surface area (Å²) in [6.07, 6.45) is -40.4. The van der Waals surface area contributed by atoms with Crippen molar-refractivity contribution in [3.63, 3.8) is 0 Å². The van der Waals surface area contributed by atoms with Crippen molar-refractivity contribution in [3.05, 3.63) is 11.6 Å². The molecule has 11 aliphatic rings. The van der Waals surface area contributed by atoms with Crippen LogP contribution in [0.4, 0.5) is 0 Å². The largest absolute Gasteiger partial charge is 0.432 e. The highest BCUT2D eigenvalue weighted by atomic mass is 16.8. The number of esters is 1. The number of hydrogen-bond acceptors (Lipinski definition) is 30. The molecule has 17 N–H and O–H groups in total. The first-order valence-corrected chi connectivity index (χ1v) is 33.0. The van der Waals surface area contributed by atoms with Crippen molar-refractivity contribution < 1.29 is 148 Å². The Bertz CT molecular complexity index is 2620. The Labute approximate surface area is 539 Å². The van der Waals surface area contributed by atoms with Gasteiger partial charge in [0.05, 0.1) is 62.9 Å². The lowest BCUT2D eigenvalue weighted by atomic mass is 9.33. The molecule has 29 unspecified atom stereocenters. The van der Waals surface area contributed by atoms with Crippen LogP contribution in [0, 0.1) is 50.2 Å². The van der Waals surface area contributed by atoms with E-state index in [0.717, 1.165) is 5.57 Å². The van der Waals surface area contributed by atoms with Crippen LogP contribution in [0.5, 0.6) is 0 Å². The predicted molar refractivity (Wildman–Crippen MR) is 310 cm³/mol. The van der Waals surface area contributed by atoms with Gasteiger partial charge in [-0.1, -0.05) is 53.2 Å². The number of fused-ring (bicyclic) bond motifs is 7. The zero-order chi connectivity index (χ0) is 67.7. The highest BCUT2D eigenvalue weighted by Gasteiger charge is 2.72. The quantitative estimate of drug-likeness (QED) is 0.0443. The fourth-order valence-electron chi connectivity index (χ4n) is 18.7. The van der Waals surface area contributed by atoms with E-state index < -0.39 is 244 Å². The van der Waals surface area contributed by atoms with Gasteiger partial charge in [-0.3, -0.25) is 4.79 Å². The minimum Gasteiger partial charge on any atom is -0.432 e. The molecule has 0 amide bonds. The Balaban J connectivity index is 0.831. The molecule has 0 aromatic rings. The summed E-state index contributed by atoms with van der Waals surface area (Å²) in [4.78, 5) is 15.6. The Hall–Kier alpha value is -1.91. The number of ether oxygens (including phenoxy) is 12. The summed E-state index contributed by atoms with van der Waals surface area (Å²) >= 11 is 0. The molecule has 5 aliphatic carbocycles. The third-order valence-electron chi connectivity index (χ3n) is 24.5. The molecule has 37 atom stereocenters. The number of carbonyl (C=O) groups is 1.